The highest BCUT2D eigenvalue weighted by Crippen LogP contribution is 2.38. The number of nitrogens with zero attached hydrogens (tertiary/aromatic N) is 2. The Morgan fingerprint density at radius 3 is 2.48 bits per heavy atom. The summed E-state index contributed by atoms with van der Waals surface area (Å²) in [6, 6.07) is 14.1. The number of sulfonamides is 1. The molecule has 0 bridgehead atoms. The molecule has 0 spiro atoms. The smallest absolute Gasteiger partial charge is 0.274 e. The SMILES string of the molecule is CC(NS(=O)(=O)C1CON(C)C1c1ccccc1[N+](=O)[O-])c1ccccc1. The first-order chi connectivity index (χ1) is 12.8. The lowest BCUT2D eigenvalue weighted by Crippen LogP contribution is -2.40. The van der Waals surface area contributed by atoms with Crippen LogP contribution < -0.4 is 4.72 Å². The molecule has 144 valence electrons. The maximum absolute atomic E-state index is 13.0. The minimum atomic E-state index is -3.82. The number of nitrogens with one attached hydrogen (secondary N) is 1. The molecule has 0 radical (unpaired) electrons. The molecular formula is C18H21N3O5S. The third kappa shape index (κ3) is 4.01. The van der Waals surface area contributed by atoms with Crippen LogP contribution in [0.2, 0.25) is 0 Å². The minimum Gasteiger partial charge on any atom is -0.297 e. The van der Waals surface area contributed by atoms with Crippen LogP contribution in [-0.2, 0) is 14.9 Å². The molecule has 9 heteroatoms. The fourth-order valence-corrected chi connectivity index (χ4v) is 5.00. The number of nitro benzene ring substituents is 1. The zero-order chi connectivity index (χ0) is 19.6. The molecule has 27 heavy (non-hydrogen) atoms. The number of nitro groups is 1. The summed E-state index contributed by atoms with van der Waals surface area (Å²) in [6.45, 7) is 1.68. The minimum absolute atomic E-state index is 0.0793. The van der Waals surface area contributed by atoms with Gasteiger partial charge < -0.3 is 0 Å². The standard InChI is InChI=1S/C18H21N3O5S/c1-13(14-8-4-3-5-9-14)19-27(24,25)17-12-26-20(2)18(17)15-10-6-7-11-16(15)21(22)23/h3-11,13,17-19H,12H2,1-2H3. The van der Waals surface area contributed by atoms with E-state index in [0.717, 1.165) is 5.56 Å². The number of hydrogen-bond donors (Lipinski definition) is 1. The van der Waals surface area contributed by atoms with Gasteiger partial charge in [-0.2, -0.15) is 5.06 Å². The molecule has 1 aliphatic rings. The van der Waals surface area contributed by atoms with E-state index in [1.807, 2.05) is 30.3 Å². The molecule has 3 unspecified atom stereocenters. The Kier molecular flexibility index (Phi) is 5.56. The lowest BCUT2D eigenvalue weighted by atomic mass is 10.0. The quantitative estimate of drug-likeness (QED) is 0.600. The van der Waals surface area contributed by atoms with E-state index in [2.05, 4.69) is 4.72 Å². The monoisotopic (exact) mass is 391 g/mol. The summed E-state index contributed by atoms with van der Waals surface area (Å²) in [5, 5.41) is 11.8. The topological polar surface area (TPSA) is 102 Å². The van der Waals surface area contributed by atoms with Crippen molar-refractivity contribution in [1.29, 1.82) is 0 Å². The molecule has 0 aliphatic carbocycles. The Hall–Kier alpha value is -2.33. The Labute approximate surface area is 157 Å². The Morgan fingerprint density at radius 1 is 1.19 bits per heavy atom. The first-order valence-electron chi connectivity index (χ1n) is 8.46. The molecular weight excluding hydrogens is 370 g/mol. The second-order valence-corrected chi connectivity index (χ2v) is 8.37. The van der Waals surface area contributed by atoms with E-state index >= 15 is 0 Å². The van der Waals surface area contributed by atoms with E-state index in [1.54, 1.807) is 32.2 Å². The molecule has 1 heterocycles. The summed E-state index contributed by atoms with van der Waals surface area (Å²) in [7, 11) is -2.24. The Bertz CT molecular complexity index is 920. The first-order valence-corrected chi connectivity index (χ1v) is 10.0. The summed E-state index contributed by atoms with van der Waals surface area (Å²) in [5.41, 5.74) is 1.01. The second-order valence-electron chi connectivity index (χ2n) is 6.44. The van der Waals surface area contributed by atoms with Gasteiger partial charge in [0.05, 0.1) is 23.1 Å². The Morgan fingerprint density at radius 2 is 1.81 bits per heavy atom. The lowest BCUT2D eigenvalue weighted by Gasteiger charge is -2.24. The maximum atomic E-state index is 13.0. The molecule has 1 fully saturated rings. The summed E-state index contributed by atoms with van der Waals surface area (Å²) in [5.74, 6) is 0. The lowest BCUT2D eigenvalue weighted by molar-refractivity contribution is -0.386. The summed E-state index contributed by atoms with van der Waals surface area (Å²) < 4.78 is 28.8. The van der Waals surface area contributed by atoms with Crippen LogP contribution in [0.5, 0.6) is 0 Å². The van der Waals surface area contributed by atoms with Crippen LogP contribution in [0.25, 0.3) is 0 Å². The molecule has 1 saturated heterocycles. The summed E-state index contributed by atoms with van der Waals surface area (Å²) in [6.07, 6.45) is 0. The normalized spacial score (nSPS) is 21.9. The highest BCUT2D eigenvalue weighted by Gasteiger charge is 2.45. The van der Waals surface area contributed by atoms with Crippen molar-refractivity contribution in [3.63, 3.8) is 0 Å². The highest BCUT2D eigenvalue weighted by molar-refractivity contribution is 7.90. The van der Waals surface area contributed by atoms with E-state index in [-0.39, 0.29) is 12.3 Å². The third-order valence-corrected chi connectivity index (χ3v) is 6.55. The summed E-state index contributed by atoms with van der Waals surface area (Å²) >= 11 is 0. The van der Waals surface area contributed by atoms with E-state index < -0.39 is 32.3 Å². The number of hydrogen-bond acceptors (Lipinski definition) is 6. The molecule has 2 aromatic rings. The van der Waals surface area contributed by atoms with Gasteiger partial charge in [0, 0.05) is 19.2 Å². The predicted octanol–water partition coefficient (Wildman–Crippen LogP) is 2.56. The molecule has 2 aromatic carbocycles. The van der Waals surface area contributed by atoms with Crippen molar-refractivity contribution in [2.24, 2.45) is 0 Å². The van der Waals surface area contributed by atoms with Crippen molar-refractivity contribution in [1.82, 2.24) is 9.79 Å². The molecule has 0 amide bonds. The molecule has 0 saturated carbocycles. The van der Waals surface area contributed by atoms with Crippen molar-refractivity contribution in [2.75, 3.05) is 13.7 Å². The number of para-hydroxylation sites is 1. The van der Waals surface area contributed by atoms with Crippen molar-refractivity contribution < 1.29 is 18.2 Å². The predicted molar refractivity (Wildman–Crippen MR) is 100 cm³/mol. The first kappa shape index (κ1) is 19.4. The number of rotatable bonds is 6. The van der Waals surface area contributed by atoms with E-state index in [1.165, 1.54) is 11.1 Å². The maximum Gasteiger partial charge on any atom is 0.274 e. The van der Waals surface area contributed by atoms with Gasteiger partial charge in [0.25, 0.3) is 5.69 Å². The van der Waals surface area contributed by atoms with E-state index in [9.17, 15) is 18.5 Å². The van der Waals surface area contributed by atoms with E-state index in [0.29, 0.717) is 5.56 Å². The zero-order valence-corrected chi connectivity index (χ0v) is 15.8. The van der Waals surface area contributed by atoms with Crippen LogP contribution in [0, 0.1) is 10.1 Å². The van der Waals surface area contributed by atoms with Crippen molar-refractivity contribution in [2.45, 2.75) is 24.3 Å². The molecule has 3 rings (SSSR count). The van der Waals surface area contributed by atoms with Crippen molar-refractivity contribution >= 4 is 15.7 Å². The molecule has 0 aromatic heterocycles. The van der Waals surface area contributed by atoms with Gasteiger partial charge >= 0.3 is 0 Å². The highest BCUT2D eigenvalue weighted by atomic mass is 32.2. The van der Waals surface area contributed by atoms with Gasteiger partial charge in [0.2, 0.25) is 10.0 Å². The number of hydroxylamine groups is 2. The number of benzene rings is 2. The van der Waals surface area contributed by atoms with Gasteiger partial charge in [-0.05, 0) is 12.5 Å². The molecule has 1 N–H and O–H groups in total. The summed E-state index contributed by atoms with van der Waals surface area (Å²) in [4.78, 5) is 16.3. The van der Waals surface area contributed by atoms with Gasteiger partial charge in [-0.1, -0.05) is 48.5 Å². The van der Waals surface area contributed by atoms with Gasteiger partial charge in [-0.25, -0.2) is 13.1 Å². The van der Waals surface area contributed by atoms with Crippen LogP contribution >= 0.6 is 0 Å². The van der Waals surface area contributed by atoms with Gasteiger partial charge in [0.15, 0.2) is 0 Å². The van der Waals surface area contributed by atoms with Crippen LogP contribution in [0.3, 0.4) is 0 Å². The van der Waals surface area contributed by atoms with Crippen molar-refractivity contribution in [3.8, 4) is 0 Å². The van der Waals surface area contributed by atoms with Gasteiger partial charge in [0.1, 0.15) is 5.25 Å². The average Bonchev–Trinajstić information content (AvgIpc) is 3.04. The average molecular weight is 391 g/mol. The van der Waals surface area contributed by atoms with Crippen LogP contribution in [0.4, 0.5) is 5.69 Å². The molecule has 1 aliphatic heterocycles. The fourth-order valence-electron chi connectivity index (χ4n) is 3.30. The molecule has 8 nitrogen and oxygen atoms in total. The zero-order valence-electron chi connectivity index (χ0n) is 15.0. The molecule has 3 atom stereocenters. The Balaban J connectivity index is 1.92. The van der Waals surface area contributed by atoms with E-state index in [4.69, 9.17) is 4.84 Å². The van der Waals surface area contributed by atoms with Crippen LogP contribution in [0.1, 0.15) is 30.1 Å². The van der Waals surface area contributed by atoms with Crippen molar-refractivity contribution in [3.05, 3.63) is 75.8 Å². The van der Waals surface area contributed by atoms with Gasteiger partial charge in [-0.15, -0.1) is 0 Å². The third-order valence-electron chi connectivity index (χ3n) is 4.68. The fraction of sp³-hybridized carbons (Fsp3) is 0.333. The van der Waals surface area contributed by atoms with Crippen LogP contribution in [0.15, 0.2) is 54.6 Å². The largest absolute Gasteiger partial charge is 0.297 e. The van der Waals surface area contributed by atoms with Gasteiger partial charge in [-0.3, -0.25) is 15.0 Å². The van der Waals surface area contributed by atoms with Crippen LogP contribution in [-0.4, -0.2) is 37.3 Å². The second kappa shape index (κ2) is 7.73.